The summed E-state index contributed by atoms with van der Waals surface area (Å²) < 4.78 is 0. The number of urea groups is 1. The zero-order valence-corrected chi connectivity index (χ0v) is 13.8. The SMILES string of the molecule is CC(=O)Nc1ccc(NC(=O)NC2(c3ccc(C)cc3)CC2)cc1. The van der Waals surface area contributed by atoms with Crippen LogP contribution in [0, 0.1) is 6.92 Å². The number of carbonyl (C=O) groups is 2. The highest BCUT2D eigenvalue weighted by atomic mass is 16.2. The highest BCUT2D eigenvalue weighted by Crippen LogP contribution is 2.45. The Kier molecular flexibility index (Phi) is 4.25. The molecule has 1 fully saturated rings. The van der Waals surface area contributed by atoms with Gasteiger partial charge in [-0.3, -0.25) is 4.79 Å². The van der Waals surface area contributed by atoms with Crippen LogP contribution in [0.3, 0.4) is 0 Å². The highest BCUT2D eigenvalue weighted by molar-refractivity contribution is 5.91. The molecule has 0 aliphatic heterocycles. The Hall–Kier alpha value is -2.82. The van der Waals surface area contributed by atoms with E-state index in [9.17, 15) is 9.59 Å². The van der Waals surface area contributed by atoms with Crippen molar-refractivity contribution in [3.05, 3.63) is 59.7 Å². The van der Waals surface area contributed by atoms with Gasteiger partial charge in [-0.2, -0.15) is 0 Å². The second-order valence-corrected chi connectivity index (χ2v) is 6.29. The van der Waals surface area contributed by atoms with E-state index in [2.05, 4.69) is 40.2 Å². The molecular weight excluding hydrogens is 302 g/mol. The summed E-state index contributed by atoms with van der Waals surface area (Å²) in [5.74, 6) is -0.123. The second kappa shape index (κ2) is 6.35. The third-order valence-corrected chi connectivity index (χ3v) is 4.17. The molecule has 0 atom stereocenters. The van der Waals surface area contributed by atoms with E-state index < -0.39 is 0 Å². The molecule has 24 heavy (non-hydrogen) atoms. The third kappa shape index (κ3) is 3.74. The summed E-state index contributed by atoms with van der Waals surface area (Å²) in [7, 11) is 0. The number of hydrogen-bond donors (Lipinski definition) is 3. The minimum Gasteiger partial charge on any atom is -0.328 e. The van der Waals surface area contributed by atoms with Gasteiger partial charge in [0, 0.05) is 18.3 Å². The van der Waals surface area contributed by atoms with Gasteiger partial charge in [-0.1, -0.05) is 29.8 Å². The van der Waals surface area contributed by atoms with Crippen molar-refractivity contribution >= 4 is 23.3 Å². The Bertz CT molecular complexity index is 747. The molecule has 1 aliphatic carbocycles. The highest BCUT2D eigenvalue weighted by Gasteiger charge is 2.45. The minimum absolute atomic E-state index is 0.123. The maximum Gasteiger partial charge on any atom is 0.319 e. The van der Waals surface area contributed by atoms with E-state index in [1.165, 1.54) is 12.5 Å². The van der Waals surface area contributed by atoms with Crippen LogP contribution in [0.5, 0.6) is 0 Å². The molecule has 2 aromatic carbocycles. The van der Waals surface area contributed by atoms with Gasteiger partial charge in [-0.05, 0) is 49.6 Å². The molecule has 3 amide bonds. The molecular formula is C19H21N3O2. The average Bonchev–Trinajstić information content (AvgIpc) is 3.30. The van der Waals surface area contributed by atoms with Crippen molar-refractivity contribution in [2.45, 2.75) is 32.2 Å². The van der Waals surface area contributed by atoms with E-state index in [0.29, 0.717) is 11.4 Å². The first kappa shape index (κ1) is 16.1. The first-order valence-electron chi connectivity index (χ1n) is 8.01. The smallest absolute Gasteiger partial charge is 0.319 e. The van der Waals surface area contributed by atoms with Gasteiger partial charge in [0.2, 0.25) is 5.91 Å². The van der Waals surface area contributed by atoms with E-state index in [4.69, 9.17) is 0 Å². The molecule has 2 aromatic rings. The predicted molar refractivity (Wildman–Crippen MR) is 95.0 cm³/mol. The number of carbonyl (C=O) groups excluding carboxylic acids is 2. The van der Waals surface area contributed by atoms with Crippen molar-refractivity contribution in [1.82, 2.24) is 5.32 Å². The van der Waals surface area contributed by atoms with Crippen molar-refractivity contribution in [3.63, 3.8) is 0 Å². The fraction of sp³-hybridized carbons (Fsp3) is 0.263. The number of benzene rings is 2. The van der Waals surface area contributed by atoms with E-state index in [0.717, 1.165) is 18.4 Å². The Labute approximate surface area is 141 Å². The largest absolute Gasteiger partial charge is 0.328 e. The molecule has 0 radical (unpaired) electrons. The molecule has 5 heteroatoms. The summed E-state index contributed by atoms with van der Waals surface area (Å²) in [6, 6.07) is 15.1. The van der Waals surface area contributed by atoms with Gasteiger partial charge in [-0.25, -0.2) is 4.79 Å². The summed E-state index contributed by atoms with van der Waals surface area (Å²) in [5, 5.41) is 8.61. The molecule has 1 saturated carbocycles. The lowest BCUT2D eigenvalue weighted by molar-refractivity contribution is -0.114. The van der Waals surface area contributed by atoms with Gasteiger partial charge < -0.3 is 16.0 Å². The third-order valence-electron chi connectivity index (χ3n) is 4.17. The number of nitrogens with one attached hydrogen (secondary N) is 3. The molecule has 0 heterocycles. The minimum atomic E-state index is -0.242. The molecule has 0 aromatic heterocycles. The Morgan fingerprint density at radius 1 is 0.875 bits per heavy atom. The molecule has 0 saturated heterocycles. The molecule has 0 unspecified atom stereocenters. The van der Waals surface area contributed by atoms with Gasteiger partial charge in [-0.15, -0.1) is 0 Å². The summed E-state index contributed by atoms with van der Waals surface area (Å²) in [5.41, 5.74) is 3.49. The maximum atomic E-state index is 12.3. The van der Waals surface area contributed by atoms with Crippen LogP contribution in [0.15, 0.2) is 48.5 Å². The molecule has 1 aliphatic rings. The van der Waals surface area contributed by atoms with Crippen molar-refractivity contribution in [3.8, 4) is 0 Å². The van der Waals surface area contributed by atoms with Crippen LogP contribution in [-0.2, 0) is 10.3 Å². The molecule has 0 spiro atoms. The summed E-state index contributed by atoms with van der Waals surface area (Å²) in [6.07, 6.45) is 1.90. The monoisotopic (exact) mass is 323 g/mol. The molecule has 5 nitrogen and oxygen atoms in total. The number of rotatable bonds is 4. The van der Waals surface area contributed by atoms with E-state index in [1.54, 1.807) is 24.3 Å². The van der Waals surface area contributed by atoms with Crippen molar-refractivity contribution < 1.29 is 9.59 Å². The average molecular weight is 323 g/mol. The van der Waals surface area contributed by atoms with Crippen LogP contribution < -0.4 is 16.0 Å². The van der Waals surface area contributed by atoms with Gasteiger partial charge >= 0.3 is 6.03 Å². The zero-order chi connectivity index (χ0) is 17.2. The van der Waals surface area contributed by atoms with Crippen LogP contribution in [0.25, 0.3) is 0 Å². The lowest BCUT2D eigenvalue weighted by Gasteiger charge is -2.19. The molecule has 124 valence electrons. The standard InChI is InChI=1S/C19H21N3O2/c1-13-3-5-15(6-4-13)19(11-12-19)22-18(24)21-17-9-7-16(8-10-17)20-14(2)23/h3-10H,11-12H2,1-2H3,(H,20,23)(H2,21,22,24). The normalized spacial score (nSPS) is 14.6. The van der Waals surface area contributed by atoms with E-state index in [-0.39, 0.29) is 17.5 Å². The van der Waals surface area contributed by atoms with E-state index >= 15 is 0 Å². The predicted octanol–water partition coefficient (Wildman–Crippen LogP) is 3.76. The van der Waals surface area contributed by atoms with Crippen LogP contribution >= 0.6 is 0 Å². The van der Waals surface area contributed by atoms with Crippen LogP contribution in [0.4, 0.5) is 16.2 Å². The van der Waals surface area contributed by atoms with Gasteiger partial charge in [0.1, 0.15) is 0 Å². The maximum absolute atomic E-state index is 12.3. The lowest BCUT2D eigenvalue weighted by Crippen LogP contribution is -2.38. The Balaban J connectivity index is 1.61. The van der Waals surface area contributed by atoms with Crippen LogP contribution in [0.1, 0.15) is 30.9 Å². The Morgan fingerprint density at radius 3 is 1.92 bits per heavy atom. The number of amides is 3. The number of anilines is 2. The van der Waals surface area contributed by atoms with Gasteiger partial charge in [0.15, 0.2) is 0 Å². The number of hydrogen-bond acceptors (Lipinski definition) is 2. The van der Waals surface area contributed by atoms with Crippen molar-refractivity contribution in [2.24, 2.45) is 0 Å². The Morgan fingerprint density at radius 2 is 1.42 bits per heavy atom. The first-order chi connectivity index (χ1) is 11.5. The second-order valence-electron chi connectivity index (χ2n) is 6.29. The van der Waals surface area contributed by atoms with Crippen LogP contribution in [-0.4, -0.2) is 11.9 Å². The fourth-order valence-corrected chi connectivity index (χ4v) is 2.70. The summed E-state index contributed by atoms with van der Waals surface area (Å²) >= 11 is 0. The topological polar surface area (TPSA) is 70.2 Å². The van der Waals surface area contributed by atoms with Gasteiger partial charge in [0.25, 0.3) is 0 Å². The quantitative estimate of drug-likeness (QED) is 0.801. The number of aryl methyl sites for hydroxylation is 1. The molecule has 3 rings (SSSR count). The summed E-state index contributed by atoms with van der Waals surface area (Å²) in [6.45, 7) is 3.51. The van der Waals surface area contributed by atoms with Crippen molar-refractivity contribution in [2.75, 3.05) is 10.6 Å². The lowest BCUT2D eigenvalue weighted by atomic mass is 10.0. The molecule has 0 bridgehead atoms. The summed E-state index contributed by atoms with van der Waals surface area (Å²) in [4.78, 5) is 23.3. The van der Waals surface area contributed by atoms with Gasteiger partial charge in [0.05, 0.1) is 5.54 Å². The van der Waals surface area contributed by atoms with E-state index in [1.807, 2.05) is 6.92 Å². The fourth-order valence-electron chi connectivity index (χ4n) is 2.70. The first-order valence-corrected chi connectivity index (χ1v) is 8.01. The molecule has 3 N–H and O–H groups in total. The van der Waals surface area contributed by atoms with Crippen LogP contribution in [0.2, 0.25) is 0 Å². The zero-order valence-electron chi connectivity index (χ0n) is 13.8. The van der Waals surface area contributed by atoms with Crippen molar-refractivity contribution in [1.29, 1.82) is 0 Å².